The minimum Gasteiger partial charge on any atom is -0.497 e. The summed E-state index contributed by atoms with van der Waals surface area (Å²) in [7, 11) is -1.05. The van der Waals surface area contributed by atoms with Crippen LogP contribution in [0.3, 0.4) is 0 Å². The fraction of sp³-hybridized carbons (Fsp3) is 0.231. The fourth-order valence-electron chi connectivity index (χ4n) is 3.87. The van der Waals surface area contributed by atoms with Crippen LogP contribution in [-0.4, -0.2) is 47.3 Å². The Morgan fingerprint density at radius 3 is 2.43 bits per heavy atom. The van der Waals surface area contributed by atoms with E-state index < -0.39 is 28.0 Å². The lowest BCUT2D eigenvalue weighted by Gasteiger charge is -2.25. The maximum atomic E-state index is 13.5. The summed E-state index contributed by atoms with van der Waals surface area (Å²) >= 11 is 0. The number of benzene rings is 3. The molecule has 11 heteroatoms. The van der Waals surface area contributed by atoms with Crippen molar-refractivity contribution in [3.05, 3.63) is 77.9 Å². The number of sulfonamides is 1. The van der Waals surface area contributed by atoms with E-state index in [1.807, 2.05) is 4.72 Å². The summed E-state index contributed by atoms with van der Waals surface area (Å²) in [6.07, 6.45) is 0.107. The monoisotopic (exact) mass is 525 g/mol. The van der Waals surface area contributed by atoms with Gasteiger partial charge in [-0.05, 0) is 48.4 Å². The van der Waals surface area contributed by atoms with Crippen molar-refractivity contribution >= 4 is 27.6 Å². The molecule has 1 aliphatic heterocycles. The average Bonchev–Trinajstić information content (AvgIpc) is 3.35. The Kier molecular flexibility index (Phi) is 7.53. The van der Waals surface area contributed by atoms with E-state index in [1.165, 1.54) is 11.0 Å². The Labute approximate surface area is 215 Å². The predicted octanol–water partition coefficient (Wildman–Crippen LogP) is 2.99. The second-order valence-corrected chi connectivity index (χ2v) is 10.0. The summed E-state index contributed by atoms with van der Waals surface area (Å²) in [6.45, 7) is 1.72. The molecule has 0 spiro atoms. The van der Waals surface area contributed by atoms with E-state index in [0.717, 1.165) is 5.56 Å². The number of urea groups is 1. The largest absolute Gasteiger partial charge is 0.497 e. The number of fused-ring (bicyclic) bond motifs is 1. The lowest BCUT2D eigenvalue weighted by Crippen LogP contribution is -2.52. The van der Waals surface area contributed by atoms with E-state index >= 15 is 0 Å². The first-order valence-electron chi connectivity index (χ1n) is 11.4. The molecule has 37 heavy (non-hydrogen) atoms. The number of hydrogen-bond acceptors (Lipinski definition) is 7. The third kappa shape index (κ3) is 5.95. The summed E-state index contributed by atoms with van der Waals surface area (Å²) in [5.41, 5.74) is 1.74. The first-order chi connectivity index (χ1) is 17.7. The van der Waals surface area contributed by atoms with Crippen molar-refractivity contribution in [3.63, 3.8) is 0 Å². The molecule has 0 unspecified atom stereocenters. The second kappa shape index (κ2) is 10.8. The molecule has 0 saturated carbocycles. The van der Waals surface area contributed by atoms with Crippen LogP contribution in [0.5, 0.6) is 17.2 Å². The number of hydrogen-bond donors (Lipinski definition) is 2. The molecule has 2 N–H and O–H groups in total. The highest BCUT2D eigenvalue weighted by Gasteiger charge is 2.28. The van der Waals surface area contributed by atoms with Crippen LogP contribution < -0.4 is 29.1 Å². The van der Waals surface area contributed by atoms with Gasteiger partial charge in [-0.2, -0.15) is 0 Å². The maximum Gasteiger partial charge on any atom is 0.329 e. The van der Waals surface area contributed by atoms with Gasteiger partial charge in [-0.15, -0.1) is 0 Å². The number of nitrogens with zero attached hydrogens (tertiary/aromatic N) is 1. The van der Waals surface area contributed by atoms with Crippen LogP contribution in [0.2, 0.25) is 0 Å². The topological polar surface area (TPSA) is 123 Å². The summed E-state index contributed by atoms with van der Waals surface area (Å²) in [6, 6.07) is 16.2. The highest BCUT2D eigenvalue weighted by atomic mass is 32.2. The molecule has 0 fully saturated rings. The second-order valence-electron chi connectivity index (χ2n) is 8.38. The molecule has 3 aromatic rings. The van der Waals surface area contributed by atoms with Crippen LogP contribution in [0.4, 0.5) is 10.5 Å². The van der Waals surface area contributed by atoms with Crippen LogP contribution in [0, 0.1) is 6.92 Å². The standard InChI is InChI=1S/C26H27N3O7S/c1-17-6-4-5-7-24(17)37(32,33)28-26(31)27-21(14-18-8-11-20(34-3)12-9-18)25(30)29(2)19-10-13-22-23(15-19)36-16-35-22/h4-13,15,21H,14,16H2,1-3H3,(H2,27,28,31)/t21-/m0/s1. The average molecular weight is 526 g/mol. The molecule has 3 amide bonds. The number of methoxy groups -OCH3 is 1. The van der Waals surface area contributed by atoms with Crippen molar-refractivity contribution in [2.45, 2.75) is 24.3 Å². The first-order valence-corrected chi connectivity index (χ1v) is 12.9. The van der Waals surface area contributed by atoms with E-state index in [9.17, 15) is 18.0 Å². The van der Waals surface area contributed by atoms with Crippen LogP contribution in [0.25, 0.3) is 0 Å². The SMILES string of the molecule is COc1ccc(C[C@H](NC(=O)NS(=O)(=O)c2ccccc2C)C(=O)N(C)c2ccc3c(c2)OCO3)cc1. The zero-order valence-corrected chi connectivity index (χ0v) is 21.4. The molecule has 0 aliphatic carbocycles. The molecule has 1 aliphatic rings. The smallest absolute Gasteiger partial charge is 0.329 e. The summed E-state index contributed by atoms with van der Waals surface area (Å²) in [5, 5.41) is 2.53. The van der Waals surface area contributed by atoms with Gasteiger partial charge in [0.05, 0.1) is 12.0 Å². The van der Waals surface area contributed by atoms with Gasteiger partial charge in [-0.1, -0.05) is 30.3 Å². The maximum absolute atomic E-state index is 13.5. The molecule has 0 saturated heterocycles. The highest BCUT2D eigenvalue weighted by Crippen LogP contribution is 2.35. The molecule has 0 bridgehead atoms. The molecule has 3 aromatic carbocycles. The van der Waals surface area contributed by atoms with E-state index in [1.54, 1.807) is 81.7 Å². The van der Waals surface area contributed by atoms with Gasteiger partial charge in [0.25, 0.3) is 10.0 Å². The number of aryl methyl sites for hydroxylation is 1. The zero-order valence-electron chi connectivity index (χ0n) is 20.6. The third-order valence-electron chi connectivity index (χ3n) is 5.89. The summed E-state index contributed by atoms with van der Waals surface area (Å²) in [5.74, 6) is 1.24. The Hall–Kier alpha value is -4.25. The first kappa shape index (κ1) is 25.8. The van der Waals surface area contributed by atoms with Crippen LogP contribution in [-0.2, 0) is 21.2 Å². The van der Waals surface area contributed by atoms with E-state index in [-0.39, 0.29) is 18.1 Å². The van der Waals surface area contributed by atoms with Crippen LogP contribution >= 0.6 is 0 Å². The predicted molar refractivity (Wildman–Crippen MR) is 136 cm³/mol. The number of anilines is 1. The van der Waals surface area contributed by atoms with Gasteiger partial charge in [0.2, 0.25) is 12.7 Å². The molecule has 4 rings (SSSR count). The van der Waals surface area contributed by atoms with Gasteiger partial charge >= 0.3 is 6.03 Å². The molecule has 1 heterocycles. The Balaban J connectivity index is 1.56. The van der Waals surface area contributed by atoms with Gasteiger partial charge in [0.15, 0.2) is 11.5 Å². The number of rotatable bonds is 8. The Morgan fingerprint density at radius 1 is 1.03 bits per heavy atom. The van der Waals surface area contributed by atoms with Crippen LogP contribution in [0.1, 0.15) is 11.1 Å². The summed E-state index contributed by atoms with van der Waals surface area (Å²) < 4.78 is 43.5. The van der Waals surface area contributed by atoms with Crippen molar-refractivity contribution < 1.29 is 32.2 Å². The lowest BCUT2D eigenvalue weighted by molar-refractivity contribution is -0.120. The molecule has 1 atom stereocenters. The minimum atomic E-state index is -4.16. The van der Waals surface area contributed by atoms with E-state index in [4.69, 9.17) is 14.2 Å². The molecule has 0 radical (unpaired) electrons. The normalized spacial score (nSPS) is 12.9. The fourth-order valence-corrected chi connectivity index (χ4v) is 5.04. The number of likely N-dealkylation sites (N-methyl/N-ethyl adjacent to an activating group) is 1. The highest BCUT2D eigenvalue weighted by molar-refractivity contribution is 7.90. The minimum absolute atomic E-state index is 0.0272. The number of carbonyl (C=O) groups is 2. The summed E-state index contributed by atoms with van der Waals surface area (Å²) in [4.78, 5) is 27.7. The van der Waals surface area contributed by atoms with Crippen molar-refractivity contribution in [2.24, 2.45) is 0 Å². The van der Waals surface area contributed by atoms with Crippen molar-refractivity contribution in [2.75, 3.05) is 25.9 Å². The quantitative estimate of drug-likeness (QED) is 0.463. The van der Waals surface area contributed by atoms with Gasteiger partial charge in [0.1, 0.15) is 11.8 Å². The van der Waals surface area contributed by atoms with Crippen molar-refractivity contribution in [3.8, 4) is 17.2 Å². The molecule has 10 nitrogen and oxygen atoms in total. The van der Waals surface area contributed by atoms with Crippen molar-refractivity contribution in [1.82, 2.24) is 10.0 Å². The molecular formula is C26H27N3O7S. The molecule has 194 valence electrons. The Morgan fingerprint density at radius 2 is 1.73 bits per heavy atom. The third-order valence-corrected chi connectivity index (χ3v) is 7.38. The molecular weight excluding hydrogens is 498 g/mol. The number of ether oxygens (including phenoxy) is 3. The lowest BCUT2D eigenvalue weighted by atomic mass is 10.0. The van der Waals surface area contributed by atoms with Gasteiger partial charge in [-0.3, -0.25) is 4.79 Å². The zero-order chi connectivity index (χ0) is 26.6. The van der Waals surface area contributed by atoms with Crippen molar-refractivity contribution in [1.29, 1.82) is 0 Å². The number of amides is 3. The van der Waals surface area contributed by atoms with Gasteiger partial charge in [-0.25, -0.2) is 17.9 Å². The van der Waals surface area contributed by atoms with E-state index in [2.05, 4.69) is 5.32 Å². The number of nitrogens with one attached hydrogen (secondary N) is 2. The van der Waals surface area contributed by atoms with Gasteiger partial charge in [0, 0.05) is 25.2 Å². The van der Waals surface area contributed by atoms with Gasteiger partial charge < -0.3 is 24.4 Å². The van der Waals surface area contributed by atoms with Crippen LogP contribution in [0.15, 0.2) is 71.6 Å². The Bertz CT molecular complexity index is 1410. The number of carbonyl (C=O) groups excluding carboxylic acids is 2. The van der Waals surface area contributed by atoms with E-state index in [0.29, 0.717) is 28.5 Å². The molecule has 0 aromatic heterocycles.